The van der Waals surface area contributed by atoms with Gasteiger partial charge in [-0.2, -0.15) is 0 Å². The van der Waals surface area contributed by atoms with Gasteiger partial charge >= 0.3 is 0 Å². The van der Waals surface area contributed by atoms with Crippen LogP contribution in [0, 0.1) is 0 Å². The fourth-order valence-corrected chi connectivity index (χ4v) is 2.83. The molecule has 0 fully saturated rings. The molecule has 3 nitrogen and oxygen atoms in total. The SMILES string of the molecule is CNCc1ccc(OC)c(CSCc2ccco2)c1. The van der Waals surface area contributed by atoms with Crippen molar-refractivity contribution in [3.63, 3.8) is 0 Å². The van der Waals surface area contributed by atoms with E-state index in [9.17, 15) is 0 Å². The molecule has 2 aromatic rings. The molecule has 102 valence electrons. The molecular formula is C15H19NO2S. The molecule has 0 aliphatic rings. The number of ether oxygens (including phenoxy) is 1. The summed E-state index contributed by atoms with van der Waals surface area (Å²) < 4.78 is 10.7. The molecule has 1 aromatic heterocycles. The molecule has 0 saturated carbocycles. The van der Waals surface area contributed by atoms with E-state index in [0.717, 1.165) is 29.6 Å². The minimum absolute atomic E-state index is 0.875. The predicted octanol–water partition coefficient (Wildman–Crippen LogP) is 3.44. The van der Waals surface area contributed by atoms with Crippen molar-refractivity contribution in [1.29, 1.82) is 0 Å². The first-order chi connectivity index (χ1) is 9.33. The van der Waals surface area contributed by atoms with Gasteiger partial charge in [-0.05, 0) is 36.9 Å². The van der Waals surface area contributed by atoms with E-state index in [1.165, 1.54) is 11.1 Å². The Kier molecular flexibility index (Phi) is 5.36. The van der Waals surface area contributed by atoms with Gasteiger partial charge < -0.3 is 14.5 Å². The zero-order valence-corrected chi connectivity index (χ0v) is 12.1. The van der Waals surface area contributed by atoms with Crippen LogP contribution in [-0.4, -0.2) is 14.2 Å². The zero-order valence-electron chi connectivity index (χ0n) is 11.3. The molecule has 2 rings (SSSR count). The van der Waals surface area contributed by atoms with Crippen LogP contribution in [0.5, 0.6) is 5.75 Å². The standard InChI is InChI=1S/C15H19NO2S/c1-16-9-12-5-6-15(17-2)13(8-12)10-19-11-14-4-3-7-18-14/h3-8,16H,9-11H2,1-2H3. The summed E-state index contributed by atoms with van der Waals surface area (Å²) in [6, 6.07) is 10.3. The van der Waals surface area contributed by atoms with Crippen LogP contribution < -0.4 is 10.1 Å². The van der Waals surface area contributed by atoms with Crippen molar-refractivity contribution in [2.75, 3.05) is 14.2 Å². The Labute approximate surface area is 118 Å². The Morgan fingerprint density at radius 1 is 1.26 bits per heavy atom. The van der Waals surface area contributed by atoms with Crippen molar-refractivity contribution in [2.45, 2.75) is 18.1 Å². The molecule has 1 aromatic carbocycles. The van der Waals surface area contributed by atoms with Crippen LogP contribution in [-0.2, 0) is 18.1 Å². The van der Waals surface area contributed by atoms with Crippen LogP contribution in [0.4, 0.5) is 0 Å². The van der Waals surface area contributed by atoms with E-state index < -0.39 is 0 Å². The summed E-state index contributed by atoms with van der Waals surface area (Å²) in [7, 11) is 3.67. The Morgan fingerprint density at radius 2 is 2.16 bits per heavy atom. The first-order valence-electron chi connectivity index (χ1n) is 6.24. The number of hydrogen-bond acceptors (Lipinski definition) is 4. The van der Waals surface area contributed by atoms with Crippen LogP contribution in [0.25, 0.3) is 0 Å². The molecule has 0 unspecified atom stereocenters. The number of rotatable bonds is 7. The van der Waals surface area contributed by atoms with Crippen LogP contribution >= 0.6 is 11.8 Å². The Balaban J connectivity index is 1.98. The lowest BCUT2D eigenvalue weighted by Gasteiger charge is -2.10. The summed E-state index contributed by atoms with van der Waals surface area (Å²) in [5.41, 5.74) is 2.50. The Morgan fingerprint density at radius 3 is 2.84 bits per heavy atom. The van der Waals surface area contributed by atoms with Crippen LogP contribution in [0.1, 0.15) is 16.9 Å². The lowest BCUT2D eigenvalue weighted by molar-refractivity contribution is 0.411. The summed E-state index contributed by atoms with van der Waals surface area (Å²) >= 11 is 1.83. The van der Waals surface area contributed by atoms with Gasteiger partial charge in [0, 0.05) is 17.9 Å². The van der Waals surface area contributed by atoms with Gasteiger partial charge in [-0.25, -0.2) is 0 Å². The van der Waals surface area contributed by atoms with Crippen LogP contribution in [0.15, 0.2) is 41.0 Å². The fraction of sp³-hybridized carbons (Fsp3) is 0.333. The summed E-state index contributed by atoms with van der Waals surface area (Å²) in [5.74, 6) is 3.76. The van der Waals surface area contributed by atoms with Gasteiger partial charge in [0.25, 0.3) is 0 Å². The molecule has 1 N–H and O–H groups in total. The number of methoxy groups -OCH3 is 1. The number of hydrogen-bond donors (Lipinski definition) is 1. The normalized spacial score (nSPS) is 10.6. The highest BCUT2D eigenvalue weighted by molar-refractivity contribution is 7.97. The molecule has 0 bridgehead atoms. The number of thioether (sulfide) groups is 1. The van der Waals surface area contributed by atoms with Crippen molar-refractivity contribution in [2.24, 2.45) is 0 Å². The molecular weight excluding hydrogens is 258 g/mol. The van der Waals surface area contributed by atoms with Gasteiger partial charge in [0.1, 0.15) is 11.5 Å². The first kappa shape index (κ1) is 14.0. The molecule has 0 radical (unpaired) electrons. The summed E-state index contributed by atoms with van der Waals surface area (Å²) in [5, 5.41) is 3.16. The van der Waals surface area contributed by atoms with E-state index >= 15 is 0 Å². The van der Waals surface area contributed by atoms with E-state index in [0.29, 0.717) is 0 Å². The molecule has 0 aliphatic carbocycles. The molecule has 1 heterocycles. The molecule has 4 heteroatoms. The quantitative estimate of drug-likeness (QED) is 0.840. The lowest BCUT2D eigenvalue weighted by Crippen LogP contribution is -2.05. The molecule has 0 aliphatic heterocycles. The van der Waals surface area contributed by atoms with Gasteiger partial charge in [-0.3, -0.25) is 0 Å². The zero-order chi connectivity index (χ0) is 13.5. The molecule has 0 atom stereocenters. The van der Waals surface area contributed by atoms with Gasteiger partial charge in [0.15, 0.2) is 0 Å². The van der Waals surface area contributed by atoms with Crippen molar-refractivity contribution in [3.05, 3.63) is 53.5 Å². The second-order valence-corrected chi connectivity index (χ2v) is 5.23. The van der Waals surface area contributed by atoms with Gasteiger partial charge in [-0.1, -0.05) is 6.07 Å². The number of benzene rings is 1. The highest BCUT2D eigenvalue weighted by Gasteiger charge is 2.05. The lowest BCUT2D eigenvalue weighted by atomic mass is 10.1. The average Bonchev–Trinajstić information content (AvgIpc) is 2.93. The summed E-state index contributed by atoms with van der Waals surface area (Å²) in [6.45, 7) is 0.875. The second-order valence-electron chi connectivity index (χ2n) is 4.25. The van der Waals surface area contributed by atoms with Crippen molar-refractivity contribution < 1.29 is 9.15 Å². The number of nitrogens with one attached hydrogen (secondary N) is 1. The summed E-state index contributed by atoms with van der Waals surface area (Å²) in [6.07, 6.45) is 1.71. The Bertz CT molecular complexity index is 497. The summed E-state index contributed by atoms with van der Waals surface area (Å²) in [4.78, 5) is 0. The van der Waals surface area contributed by atoms with E-state index in [-0.39, 0.29) is 0 Å². The maximum Gasteiger partial charge on any atom is 0.122 e. The maximum absolute atomic E-state index is 5.41. The smallest absolute Gasteiger partial charge is 0.122 e. The maximum atomic E-state index is 5.41. The predicted molar refractivity (Wildman–Crippen MR) is 79.5 cm³/mol. The van der Waals surface area contributed by atoms with Crippen LogP contribution in [0.3, 0.4) is 0 Å². The van der Waals surface area contributed by atoms with E-state index in [4.69, 9.17) is 9.15 Å². The second kappa shape index (κ2) is 7.26. The minimum atomic E-state index is 0.875. The monoisotopic (exact) mass is 277 g/mol. The van der Waals surface area contributed by atoms with E-state index in [2.05, 4.69) is 17.4 Å². The molecule has 0 amide bonds. The highest BCUT2D eigenvalue weighted by atomic mass is 32.2. The molecule has 19 heavy (non-hydrogen) atoms. The molecule has 0 saturated heterocycles. The fourth-order valence-electron chi connectivity index (χ4n) is 1.92. The van der Waals surface area contributed by atoms with Crippen molar-refractivity contribution in [3.8, 4) is 5.75 Å². The van der Waals surface area contributed by atoms with Crippen molar-refractivity contribution in [1.82, 2.24) is 5.32 Å². The third-order valence-corrected chi connectivity index (χ3v) is 3.81. The van der Waals surface area contributed by atoms with E-state index in [1.807, 2.05) is 37.0 Å². The van der Waals surface area contributed by atoms with Gasteiger partial charge in [0.2, 0.25) is 0 Å². The van der Waals surface area contributed by atoms with Gasteiger partial charge in [0.05, 0.1) is 19.1 Å². The third kappa shape index (κ3) is 4.04. The minimum Gasteiger partial charge on any atom is -0.496 e. The molecule has 0 spiro atoms. The Hall–Kier alpha value is -1.39. The van der Waals surface area contributed by atoms with Crippen LogP contribution in [0.2, 0.25) is 0 Å². The first-order valence-corrected chi connectivity index (χ1v) is 7.39. The third-order valence-electron chi connectivity index (χ3n) is 2.81. The largest absolute Gasteiger partial charge is 0.496 e. The average molecular weight is 277 g/mol. The van der Waals surface area contributed by atoms with Crippen molar-refractivity contribution >= 4 is 11.8 Å². The highest BCUT2D eigenvalue weighted by Crippen LogP contribution is 2.26. The number of furan rings is 1. The van der Waals surface area contributed by atoms with Gasteiger partial charge in [-0.15, -0.1) is 11.8 Å². The topological polar surface area (TPSA) is 34.4 Å². The van der Waals surface area contributed by atoms with E-state index in [1.54, 1.807) is 13.4 Å².